The zero-order chi connectivity index (χ0) is 9.10. The lowest BCUT2D eigenvalue weighted by molar-refractivity contribution is 0.193. The molecule has 74 valence electrons. The molecule has 1 saturated carbocycles. The minimum Gasteiger partial charge on any atom is -0.384 e. The van der Waals surface area contributed by atoms with Gasteiger partial charge >= 0.3 is 0 Å². The molecular formula is C10H17ClOSi. The van der Waals surface area contributed by atoms with Crippen LogP contribution in [0.15, 0.2) is 12.2 Å². The molecule has 3 heteroatoms. The third-order valence-electron chi connectivity index (χ3n) is 3.27. The number of allylic oxidation sites excluding steroid dienone is 2. The summed E-state index contributed by atoms with van der Waals surface area (Å²) in [5.41, 5.74) is 1.03. The fourth-order valence-electron chi connectivity index (χ4n) is 2.62. The highest BCUT2D eigenvalue weighted by atomic mass is 35.5. The van der Waals surface area contributed by atoms with Crippen LogP contribution in [0.4, 0.5) is 0 Å². The van der Waals surface area contributed by atoms with Crippen LogP contribution >= 0.6 is 11.6 Å². The Morgan fingerprint density at radius 2 is 2.31 bits per heavy atom. The Morgan fingerprint density at radius 3 is 2.92 bits per heavy atom. The van der Waals surface area contributed by atoms with Gasteiger partial charge in [0.1, 0.15) is 0 Å². The van der Waals surface area contributed by atoms with Gasteiger partial charge in [0.05, 0.1) is 16.1 Å². The topological polar surface area (TPSA) is 9.23 Å². The van der Waals surface area contributed by atoms with Crippen LogP contribution in [-0.2, 0) is 4.74 Å². The van der Waals surface area contributed by atoms with Crippen LogP contribution in [-0.4, -0.2) is 28.2 Å². The summed E-state index contributed by atoms with van der Waals surface area (Å²) in [4.78, 5) is 0. The number of halogens is 1. The van der Waals surface area contributed by atoms with Crippen LogP contribution in [0.2, 0.25) is 5.54 Å². The van der Waals surface area contributed by atoms with Crippen molar-refractivity contribution < 1.29 is 4.74 Å². The first-order valence-corrected chi connectivity index (χ1v) is 7.57. The largest absolute Gasteiger partial charge is 0.384 e. The lowest BCUT2D eigenvalue weighted by Gasteiger charge is -2.16. The van der Waals surface area contributed by atoms with Gasteiger partial charge in [0, 0.05) is 12.1 Å². The molecule has 2 bridgehead atoms. The Bertz CT molecular complexity index is 195. The third kappa shape index (κ3) is 2.36. The maximum absolute atomic E-state index is 5.54. The fourth-order valence-corrected chi connectivity index (χ4v) is 4.84. The van der Waals surface area contributed by atoms with Crippen molar-refractivity contribution >= 4 is 21.1 Å². The van der Waals surface area contributed by atoms with E-state index in [0.717, 1.165) is 30.2 Å². The summed E-state index contributed by atoms with van der Waals surface area (Å²) in [6, 6.07) is 0. The van der Waals surface area contributed by atoms with E-state index in [-0.39, 0.29) is 9.52 Å². The number of hydrogen-bond donors (Lipinski definition) is 0. The van der Waals surface area contributed by atoms with Crippen LogP contribution < -0.4 is 0 Å². The number of hydrogen-bond acceptors (Lipinski definition) is 1. The molecule has 0 aromatic heterocycles. The maximum Gasteiger partial charge on any atom is 0.0597 e. The third-order valence-corrected chi connectivity index (χ3v) is 5.63. The first kappa shape index (κ1) is 9.75. The van der Waals surface area contributed by atoms with E-state index >= 15 is 0 Å². The minimum atomic E-state index is 0.00731. The highest BCUT2D eigenvalue weighted by Gasteiger charge is 2.34. The number of fused-ring (bicyclic) bond motifs is 2. The minimum absolute atomic E-state index is 0.00731. The zero-order valence-corrected chi connectivity index (χ0v) is 10.1. The van der Waals surface area contributed by atoms with Crippen molar-refractivity contribution in [3.05, 3.63) is 12.2 Å². The van der Waals surface area contributed by atoms with Crippen molar-refractivity contribution in [2.45, 2.75) is 18.4 Å². The van der Waals surface area contributed by atoms with Gasteiger partial charge in [0.25, 0.3) is 0 Å². The molecule has 0 aliphatic heterocycles. The average molecular weight is 217 g/mol. The number of ether oxygens (including phenoxy) is 1. The molecule has 3 atom stereocenters. The van der Waals surface area contributed by atoms with Gasteiger partial charge in [0.2, 0.25) is 0 Å². The SMILES string of the molecule is ClCCOC[SiH2]C1CC2C=CC1C2. The molecule has 2 aliphatic rings. The first-order chi connectivity index (χ1) is 6.40. The zero-order valence-electron chi connectivity index (χ0n) is 7.92. The van der Waals surface area contributed by atoms with E-state index in [0.29, 0.717) is 5.88 Å². The molecule has 0 aromatic rings. The van der Waals surface area contributed by atoms with E-state index in [9.17, 15) is 0 Å². The molecule has 13 heavy (non-hydrogen) atoms. The molecule has 3 unspecified atom stereocenters. The standard InChI is InChI=1S/C10H17ClOSi/c11-3-4-12-7-13-10-6-8-1-2-9(10)5-8/h1-2,8-10H,3-7,13H2. The molecule has 2 aliphatic carbocycles. The van der Waals surface area contributed by atoms with E-state index in [1.54, 1.807) is 0 Å². The quantitative estimate of drug-likeness (QED) is 0.295. The van der Waals surface area contributed by atoms with Gasteiger partial charge in [-0.05, 0) is 30.2 Å². The molecule has 2 rings (SSSR count). The second-order valence-corrected chi connectivity index (χ2v) is 6.54. The predicted molar refractivity (Wildman–Crippen MR) is 59.2 cm³/mol. The number of alkyl halides is 1. The van der Waals surface area contributed by atoms with Crippen molar-refractivity contribution in [3.63, 3.8) is 0 Å². The highest BCUT2D eigenvalue weighted by Crippen LogP contribution is 2.46. The Hall–Kier alpha value is 0.207. The fraction of sp³-hybridized carbons (Fsp3) is 0.800. The lowest BCUT2D eigenvalue weighted by atomic mass is 10.1. The van der Waals surface area contributed by atoms with Crippen LogP contribution in [0.1, 0.15) is 12.8 Å². The van der Waals surface area contributed by atoms with Crippen LogP contribution in [0, 0.1) is 11.8 Å². The van der Waals surface area contributed by atoms with E-state index in [1.807, 2.05) is 0 Å². The van der Waals surface area contributed by atoms with Gasteiger partial charge in [-0.1, -0.05) is 12.2 Å². The summed E-state index contributed by atoms with van der Waals surface area (Å²) in [7, 11) is 0.00731. The van der Waals surface area contributed by atoms with Crippen molar-refractivity contribution in [3.8, 4) is 0 Å². The van der Waals surface area contributed by atoms with Gasteiger partial charge in [-0.25, -0.2) is 0 Å². The monoisotopic (exact) mass is 216 g/mol. The van der Waals surface area contributed by atoms with E-state index in [2.05, 4.69) is 12.2 Å². The molecule has 0 spiro atoms. The van der Waals surface area contributed by atoms with Crippen molar-refractivity contribution in [1.29, 1.82) is 0 Å². The van der Waals surface area contributed by atoms with Crippen LogP contribution in [0.5, 0.6) is 0 Å². The van der Waals surface area contributed by atoms with Crippen LogP contribution in [0.25, 0.3) is 0 Å². The van der Waals surface area contributed by atoms with E-state index < -0.39 is 0 Å². The van der Waals surface area contributed by atoms with Gasteiger partial charge in [-0.15, -0.1) is 11.6 Å². The van der Waals surface area contributed by atoms with Crippen molar-refractivity contribution in [2.75, 3.05) is 18.7 Å². The van der Waals surface area contributed by atoms with Gasteiger partial charge in [0.15, 0.2) is 0 Å². The van der Waals surface area contributed by atoms with Crippen molar-refractivity contribution in [1.82, 2.24) is 0 Å². The average Bonchev–Trinajstić information content (AvgIpc) is 2.73. The summed E-state index contributed by atoms with van der Waals surface area (Å²) >= 11 is 5.54. The van der Waals surface area contributed by atoms with Gasteiger partial charge in [-0.3, -0.25) is 0 Å². The molecule has 0 saturated heterocycles. The molecule has 0 amide bonds. The summed E-state index contributed by atoms with van der Waals surface area (Å²) < 4.78 is 5.46. The smallest absolute Gasteiger partial charge is 0.0597 e. The maximum atomic E-state index is 5.54. The van der Waals surface area contributed by atoms with Crippen molar-refractivity contribution in [2.24, 2.45) is 11.8 Å². The molecular weight excluding hydrogens is 200 g/mol. The van der Waals surface area contributed by atoms with Gasteiger partial charge in [-0.2, -0.15) is 0 Å². The number of rotatable bonds is 5. The Kier molecular flexibility index (Phi) is 3.47. The summed E-state index contributed by atoms with van der Waals surface area (Å²) in [6.45, 7) is 0.741. The second-order valence-electron chi connectivity index (χ2n) is 4.13. The molecule has 0 radical (unpaired) electrons. The summed E-state index contributed by atoms with van der Waals surface area (Å²) in [5, 5.41) is 0. The summed E-state index contributed by atoms with van der Waals surface area (Å²) in [6.07, 6.45) is 8.78. The molecule has 1 fully saturated rings. The Labute approximate surface area is 87.3 Å². The van der Waals surface area contributed by atoms with E-state index in [1.165, 1.54) is 12.8 Å². The predicted octanol–water partition coefficient (Wildman–Crippen LogP) is 1.75. The van der Waals surface area contributed by atoms with Crippen LogP contribution in [0.3, 0.4) is 0 Å². The summed E-state index contributed by atoms with van der Waals surface area (Å²) in [5.74, 6) is 2.50. The Balaban J connectivity index is 1.64. The Morgan fingerprint density at radius 1 is 1.38 bits per heavy atom. The molecule has 0 aromatic carbocycles. The molecule has 1 nitrogen and oxygen atoms in total. The normalized spacial score (nSPS) is 36.8. The molecule has 0 N–H and O–H groups in total. The van der Waals surface area contributed by atoms with Gasteiger partial charge < -0.3 is 4.74 Å². The second kappa shape index (κ2) is 4.62. The first-order valence-electron chi connectivity index (χ1n) is 5.22. The highest BCUT2D eigenvalue weighted by molar-refractivity contribution is 6.37. The van der Waals surface area contributed by atoms with E-state index in [4.69, 9.17) is 16.3 Å². The lowest BCUT2D eigenvalue weighted by Crippen LogP contribution is -2.15. The molecule has 0 heterocycles.